The van der Waals surface area contributed by atoms with Crippen LogP contribution in [0.2, 0.25) is 5.02 Å². The van der Waals surface area contributed by atoms with E-state index in [1.54, 1.807) is 12.1 Å². The van der Waals surface area contributed by atoms with Crippen molar-refractivity contribution in [1.29, 1.82) is 0 Å². The molecular formula is C24H22ClF3N2O2. The standard InChI is InChI=1S/C24H22ClF3N2O2/c25-18-7-5-16(6-8-18)22-14-29-11-12-30(22)15-17-3-1-2-4-20(17)21-13-19(31)9-10-23(21)32-24(26,27)28/h1-10,13,22,29,31H,11-12,14-15H2/t22-/m1/s1. The van der Waals surface area contributed by atoms with Gasteiger partial charge in [-0.2, -0.15) is 0 Å². The molecular weight excluding hydrogens is 441 g/mol. The number of piperazine rings is 1. The van der Waals surface area contributed by atoms with E-state index in [0.29, 0.717) is 17.1 Å². The first-order chi connectivity index (χ1) is 15.3. The van der Waals surface area contributed by atoms with Crippen molar-refractivity contribution >= 4 is 11.6 Å². The van der Waals surface area contributed by atoms with Crippen LogP contribution in [0, 0.1) is 0 Å². The predicted molar refractivity (Wildman–Crippen MR) is 118 cm³/mol. The molecule has 0 aromatic heterocycles. The molecule has 1 saturated heterocycles. The molecule has 168 valence electrons. The topological polar surface area (TPSA) is 44.7 Å². The number of halogens is 4. The van der Waals surface area contributed by atoms with Gasteiger partial charge in [-0.15, -0.1) is 13.2 Å². The quantitative estimate of drug-likeness (QED) is 0.506. The van der Waals surface area contributed by atoms with Gasteiger partial charge in [0.15, 0.2) is 0 Å². The average molecular weight is 463 g/mol. The van der Waals surface area contributed by atoms with Crippen LogP contribution < -0.4 is 10.1 Å². The number of benzene rings is 3. The fourth-order valence-corrected chi connectivity index (χ4v) is 4.16. The first-order valence-corrected chi connectivity index (χ1v) is 10.6. The second kappa shape index (κ2) is 9.40. The molecule has 0 saturated carbocycles. The minimum absolute atomic E-state index is 0.0872. The average Bonchev–Trinajstić information content (AvgIpc) is 2.76. The van der Waals surface area contributed by atoms with E-state index in [0.717, 1.165) is 36.8 Å². The second-order valence-electron chi connectivity index (χ2n) is 7.63. The Morgan fingerprint density at radius 3 is 2.53 bits per heavy atom. The Labute approximate surface area is 189 Å². The SMILES string of the molecule is Oc1ccc(OC(F)(F)F)c(-c2ccccc2CN2CCNC[C@@H]2c2ccc(Cl)cc2)c1. The highest BCUT2D eigenvalue weighted by Gasteiger charge is 2.33. The van der Waals surface area contributed by atoms with Gasteiger partial charge in [-0.1, -0.05) is 48.0 Å². The van der Waals surface area contributed by atoms with Crippen LogP contribution in [0.4, 0.5) is 13.2 Å². The maximum atomic E-state index is 13.0. The summed E-state index contributed by atoms with van der Waals surface area (Å²) in [5.41, 5.74) is 2.72. The largest absolute Gasteiger partial charge is 0.573 e. The molecule has 2 N–H and O–H groups in total. The summed E-state index contributed by atoms with van der Waals surface area (Å²) in [7, 11) is 0. The van der Waals surface area contributed by atoms with Crippen LogP contribution in [0.25, 0.3) is 11.1 Å². The van der Waals surface area contributed by atoms with Crippen molar-refractivity contribution < 1.29 is 23.0 Å². The lowest BCUT2D eigenvalue weighted by atomic mass is 9.96. The minimum atomic E-state index is -4.83. The summed E-state index contributed by atoms with van der Waals surface area (Å²) >= 11 is 6.04. The Hall–Kier alpha value is -2.74. The Balaban J connectivity index is 1.68. The van der Waals surface area contributed by atoms with E-state index >= 15 is 0 Å². The van der Waals surface area contributed by atoms with E-state index in [9.17, 15) is 18.3 Å². The number of hydrogen-bond acceptors (Lipinski definition) is 4. The molecule has 3 aromatic carbocycles. The third-order valence-electron chi connectivity index (χ3n) is 5.48. The van der Waals surface area contributed by atoms with Gasteiger partial charge in [-0.05, 0) is 47.0 Å². The zero-order valence-corrected chi connectivity index (χ0v) is 17.8. The van der Waals surface area contributed by atoms with Gasteiger partial charge < -0.3 is 15.2 Å². The van der Waals surface area contributed by atoms with Crippen molar-refractivity contribution in [2.24, 2.45) is 0 Å². The molecule has 32 heavy (non-hydrogen) atoms. The molecule has 0 spiro atoms. The number of aromatic hydroxyl groups is 1. The molecule has 4 nitrogen and oxygen atoms in total. The summed E-state index contributed by atoms with van der Waals surface area (Å²) in [4.78, 5) is 2.28. The lowest BCUT2D eigenvalue weighted by Crippen LogP contribution is -2.45. The van der Waals surface area contributed by atoms with Crippen molar-refractivity contribution in [3.63, 3.8) is 0 Å². The molecule has 4 rings (SSSR count). The highest BCUT2D eigenvalue weighted by atomic mass is 35.5. The molecule has 1 aliphatic heterocycles. The van der Waals surface area contributed by atoms with E-state index in [1.807, 2.05) is 36.4 Å². The van der Waals surface area contributed by atoms with Crippen LogP contribution in [0.3, 0.4) is 0 Å². The van der Waals surface area contributed by atoms with Gasteiger partial charge in [0.2, 0.25) is 0 Å². The van der Waals surface area contributed by atoms with Gasteiger partial charge in [0, 0.05) is 42.8 Å². The number of phenols is 1. The van der Waals surface area contributed by atoms with Gasteiger partial charge >= 0.3 is 6.36 Å². The van der Waals surface area contributed by atoms with Gasteiger partial charge in [-0.3, -0.25) is 4.90 Å². The lowest BCUT2D eigenvalue weighted by molar-refractivity contribution is -0.274. The lowest BCUT2D eigenvalue weighted by Gasteiger charge is -2.37. The molecule has 1 aliphatic rings. The van der Waals surface area contributed by atoms with E-state index in [2.05, 4.69) is 15.0 Å². The van der Waals surface area contributed by atoms with E-state index in [1.165, 1.54) is 12.1 Å². The van der Waals surface area contributed by atoms with Crippen molar-refractivity contribution in [2.75, 3.05) is 19.6 Å². The number of rotatable bonds is 5. The first kappa shape index (κ1) is 22.5. The van der Waals surface area contributed by atoms with Crippen LogP contribution in [0.1, 0.15) is 17.2 Å². The van der Waals surface area contributed by atoms with Crippen LogP contribution >= 0.6 is 11.6 Å². The van der Waals surface area contributed by atoms with E-state index in [-0.39, 0.29) is 23.1 Å². The molecule has 8 heteroatoms. The zero-order valence-electron chi connectivity index (χ0n) is 17.1. The Bertz CT molecular complexity index is 1070. The molecule has 0 aliphatic carbocycles. The van der Waals surface area contributed by atoms with Crippen molar-refractivity contribution in [1.82, 2.24) is 10.2 Å². The smallest absolute Gasteiger partial charge is 0.508 e. The van der Waals surface area contributed by atoms with Crippen LogP contribution in [0.15, 0.2) is 66.7 Å². The maximum absolute atomic E-state index is 13.0. The van der Waals surface area contributed by atoms with E-state index in [4.69, 9.17) is 11.6 Å². The fourth-order valence-electron chi connectivity index (χ4n) is 4.03. The van der Waals surface area contributed by atoms with Crippen LogP contribution in [-0.2, 0) is 6.54 Å². The van der Waals surface area contributed by atoms with Gasteiger partial charge in [-0.25, -0.2) is 0 Å². The molecule has 0 bridgehead atoms. The summed E-state index contributed by atoms with van der Waals surface area (Å²) < 4.78 is 43.1. The second-order valence-corrected chi connectivity index (χ2v) is 8.06. The summed E-state index contributed by atoms with van der Waals surface area (Å²) in [6.07, 6.45) is -4.83. The molecule has 3 aromatic rings. The molecule has 1 atom stereocenters. The highest BCUT2D eigenvalue weighted by Crippen LogP contribution is 2.39. The number of phenolic OH excluding ortho intramolecular Hbond substituents is 1. The first-order valence-electron chi connectivity index (χ1n) is 10.2. The Morgan fingerprint density at radius 2 is 1.78 bits per heavy atom. The normalized spacial score (nSPS) is 17.3. The number of alkyl halides is 3. The molecule has 0 radical (unpaired) electrons. The monoisotopic (exact) mass is 462 g/mol. The molecule has 0 amide bonds. The van der Waals surface area contributed by atoms with Crippen molar-refractivity contribution in [3.8, 4) is 22.6 Å². The molecule has 1 heterocycles. The number of nitrogens with zero attached hydrogens (tertiary/aromatic N) is 1. The van der Waals surface area contributed by atoms with Gasteiger partial charge in [0.25, 0.3) is 0 Å². The van der Waals surface area contributed by atoms with Gasteiger partial charge in [0.05, 0.1) is 0 Å². The summed E-state index contributed by atoms with van der Waals surface area (Å²) in [6.45, 7) is 2.85. The number of ether oxygens (including phenoxy) is 1. The van der Waals surface area contributed by atoms with Crippen molar-refractivity contribution in [2.45, 2.75) is 18.9 Å². The zero-order chi connectivity index (χ0) is 22.7. The van der Waals surface area contributed by atoms with E-state index < -0.39 is 6.36 Å². The molecule has 1 fully saturated rings. The Kier molecular flexibility index (Phi) is 6.60. The fraction of sp³-hybridized carbons (Fsp3) is 0.250. The van der Waals surface area contributed by atoms with Gasteiger partial charge in [0.1, 0.15) is 11.5 Å². The third-order valence-corrected chi connectivity index (χ3v) is 5.73. The number of hydrogen-bond donors (Lipinski definition) is 2. The van der Waals surface area contributed by atoms with Crippen molar-refractivity contribution in [3.05, 3.63) is 82.9 Å². The van der Waals surface area contributed by atoms with Crippen LogP contribution in [0.5, 0.6) is 11.5 Å². The maximum Gasteiger partial charge on any atom is 0.573 e. The summed E-state index contributed by atoms with van der Waals surface area (Å²) in [6, 6.07) is 18.6. The Morgan fingerprint density at radius 1 is 1.03 bits per heavy atom. The third kappa shape index (κ3) is 5.35. The minimum Gasteiger partial charge on any atom is -0.508 e. The summed E-state index contributed by atoms with van der Waals surface area (Å²) in [5, 5.41) is 14.0. The predicted octanol–water partition coefficient (Wildman–Crippen LogP) is 5.76. The highest BCUT2D eigenvalue weighted by molar-refractivity contribution is 6.30. The summed E-state index contributed by atoms with van der Waals surface area (Å²) in [5.74, 6) is -0.483. The molecule has 0 unspecified atom stereocenters. The number of nitrogens with one attached hydrogen (secondary N) is 1. The van der Waals surface area contributed by atoms with Crippen LogP contribution in [-0.4, -0.2) is 36.0 Å².